The minimum atomic E-state index is -1.24. The molecule has 5 heteroatoms. The van der Waals surface area contributed by atoms with Crippen LogP contribution in [0, 0.1) is 0 Å². The fourth-order valence-corrected chi connectivity index (χ4v) is 1.06. The predicted octanol–water partition coefficient (Wildman–Crippen LogP) is 1.14. The molecule has 0 aromatic carbocycles. The molecule has 4 nitrogen and oxygen atoms in total. The van der Waals surface area contributed by atoms with Crippen LogP contribution in [0.5, 0.6) is 0 Å². The summed E-state index contributed by atoms with van der Waals surface area (Å²) in [7, 11) is 2.22. The van der Waals surface area contributed by atoms with Gasteiger partial charge in [0.2, 0.25) is 0 Å². The Morgan fingerprint density at radius 2 is 1.43 bits per heavy atom. The number of ether oxygens (including phenoxy) is 2. The largest absolute Gasteiger partial charge is 0.465 e. The van der Waals surface area contributed by atoms with Gasteiger partial charge in [0.1, 0.15) is 0 Å². The van der Waals surface area contributed by atoms with E-state index >= 15 is 0 Å². The first kappa shape index (κ1) is 13.4. The zero-order chi connectivity index (χ0) is 11.2. The summed E-state index contributed by atoms with van der Waals surface area (Å²) in [5.74, 6) is -1.10. The molecule has 14 heavy (non-hydrogen) atoms. The monoisotopic (exact) mass is 220 g/mol. The topological polar surface area (TPSA) is 52.6 Å². The van der Waals surface area contributed by atoms with E-state index in [0.717, 1.165) is 0 Å². The summed E-state index contributed by atoms with van der Waals surface area (Å²) in [6.07, 6.45) is 0.343. The van der Waals surface area contributed by atoms with Gasteiger partial charge in [0.25, 0.3) is 0 Å². The lowest BCUT2D eigenvalue weighted by Crippen LogP contribution is -2.42. The molecule has 0 radical (unpaired) electrons. The van der Waals surface area contributed by atoms with Crippen molar-refractivity contribution in [3.8, 4) is 0 Å². The van der Waals surface area contributed by atoms with Gasteiger partial charge in [-0.3, -0.25) is 9.59 Å². The molecule has 0 rings (SSSR count). The lowest BCUT2D eigenvalue weighted by atomic mass is 10.1. The highest BCUT2D eigenvalue weighted by Crippen LogP contribution is 2.26. The van der Waals surface area contributed by atoms with Crippen molar-refractivity contribution in [2.24, 2.45) is 0 Å². The zero-order valence-corrected chi connectivity index (χ0v) is 9.99. The van der Waals surface area contributed by atoms with Crippen LogP contribution < -0.4 is 0 Å². The van der Waals surface area contributed by atoms with Gasteiger partial charge in [-0.1, -0.05) is 6.92 Å². The van der Waals surface area contributed by atoms with E-state index < -0.39 is 17.1 Å². The molecule has 0 aliphatic carbocycles. The Kier molecular flexibility index (Phi) is 5.70. The van der Waals surface area contributed by atoms with Crippen LogP contribution in [0.25, 0.3) is 0 Å². The van der Waals surface area contributed by atoms with Gasteiger partial charge in [0.15, 0.2) is 5.16 Å². The summed E-state index contributed by atoms with van der Waals surface area (Å²) < 4.78 is 9.61. The van der Waals surface area contributed by atoms with Gasteiger partial charge in [-0.2, -0.15) is 0 Å². The predicted molar refractivity (Wildman–Crippen MR) is 56.0 cm³/mol. The first-order valence-corrected chi connectivity index (χ1v) is 5.23. The number of carbonyl (C=O) groups excluding carboxylic acids is 2. The molecule has 0 fully saturated rings. The lowest BCUT2D eigenvalue weighted by molar-refractivity contribution is -0.158. The second kappa shape index (κ2) is 5.97. The van der Waals surface area contributed by atoms with Crippen molar-refractivity contribution >= 4 is 21.2 Å². The van der Waals surface area contributed by atoms with Gasteiger partial charge in [-0.05, 0) is 20.3 Å². The summed E-state index contributed by atoms with van der Waals surface area (Å²) in [4.78, 5) is 22.9. The van der Waals surface area contributed by atoms with Gasteiger partial charge < -0.3 is 9.47 Å². The minimum Gasteiger partial charge on any atom is -0.465 e. The molecule has 1 atom stereocenters. The van der Waals surface area contributed by atoms with Crippen molar-refractivity contribution in [1.82, 2.24) is 0 Å². The number of hydrogen-bond acceptors (Lipinski definition) is 4. The van der Waals surface area contributed by atoms with Crippen LogP contribution in [0.3, 0.4) is 0 Å². The Hall–Kier alpha value is -0.630. The van der Waals surface area contributed by atoms with Gasteiger partial charge in [0, 0.05) is 0 Å². The molecule has 0 amide bonds. The van der Waals surface area contributed by atoms with Crippen molar-refractivity contribution in [3.63, 3.8) is 0 Å². The van der Waals surface area contributed by atoms with Crippen molar-refractivity contribution in [1.29, 1.82) is 0 Å². The average Bonchev–Trinajstić information content (AvgIpc) is 2.17. The minimum absolute atomic E-state index is 0.258. The molecular formula is C9H17O4P. The van der Waals surface area contributed by atoms with E-state index in [9.17, 15) is 9.59 Å². The van der Waals surface area contributed by atoms with Gasteiger partial charge in [-0.25, -0.2) is 0 Å². The molecule has 0 aromatic heterocycles. The Labute approximate surface area is 86.5 Å². The van der Waals surface area contributed by atoms with E-state index in [1.807, 2.05) is 0 Å². The first-order chi connectivity index (χ1) is 6.52. The molecular weight excluding hydrogens is 203 g/mol. The van der Waals surface area contributed by atoms with Gasteiger partial charge in [0.05, 0.1) is 13.2 Å². The van der Waals surface area contributed by atoms with Crippen LogP contribution in [0.15, 0.2) is 0 Å². The van der Waals surface area contributed by atoms with Crippen LogP contribution in [-0.2, 0) is 19.1 Å². The van der Waals surface area contributed by atoms with E-state index in [1.165, 1.54) is 0 Å². The highest BCUT2D eigenvalue weighted by molar-refractivity contribution is 7.23. The molecule has 0 aromatic rings. The van der Waals surface area contributed by atoms with Gasteiger partial charge >= 0.3 is 11.9 Å². The van der Waals surface area contributed by atoms with E-state index in [4.69, 9.17) is 9.47 Å². The maximum absolute atomic E-state index is 11.5. The number of esters is 2. The smallest absolute Gasteiger partial charge is 0.327 e. The molecule has 0 heterocycles. The second-order valence-corrected chi connectivity index (χ2v) is 3.75. The quantitative estimate of drug-likeness (QED) is 0.396. The molecule has 0 bridgehead atoms. The van der Waals surface area contributed by atoms with Crippen LogP contribution in [0.2, 0.25) is 0 Å². The highest BCUT2D eigenvalue weighted by Gasteiger charge is 2.42. The van der Waals surface area contributed by atoms with E-state index in [2.05, 4.69) is 9.24 Å². The summed E-state index contributed by atoms with van der Waals surface area (Å²) in [5.41, 5.74) is 0. The van der Waals surface area contributed by atoms with Crippen LogP contribution in [-0.4, -0.2) is 30.3 Å². The zero-order valence-electron chi connectivity index (χ0n) is 8.83. The summed E-state index contributed by atoms with van der Waals surface area (Å²) in [5, 5.41) is -1.24. The highest BCUT2D eigenvalue weighted by atomic mass is 31.0. The molecule has 0 saturated carbocycles. The standard InChI is InChI=1S/C9H17O4P/c1-4-9(14,7(10)12-5-2)8(11)13-6-3/h4-6,14H2,1-3H3. The second-order valence-electron chi connectivity index (χ2n) is 2.77. The summed E-state index contributed by atoms with van der Waals surface area (Å²) >= 11 is 0. The molecule has 0 saturated heterocycles. The third-order valence-corrected chi connectivity index (χ3v) is 2.72. The van der Waals surface area contributed by atoms with Crippen molar-refractivity contribution < 1.29 is 19.1 Å². The van der Waals surface area contributed by atoms with Crippen molar-refractivity contribution in [3.05, 3.63) is 0 Å². The fourth-order valence-electron chi connectivity index (χ4n) is 0.892. The third kappa shape index (κ3) is 2.95. The molecule has 0 aliphatic heterocycles. The molecule has 0 aliphatic rings. The summed E-state index contributed by atoms with van der Waals surface area (Å²) in [6, 6.07) is 0. The van der Waals surface area contributed by atoms with E-state index in [0.29, 0.717) is 6.42 Å². The number of hydrogen-bond donors (Lipinski definition) is 0. The summed E-state index contributed by atoms with van der Waals surface area (Å²) in [6.45, 7) is 5.65. The number of rotatable bonds is 5. The van der Waals surface area contributed by atoms with Crippen LogP contribution in [0.1, 0.15) is 27.2 Å². The maximum Gasteiger partial charge on any atom is 0.327 e. The lowest BCUT2D eigenvalue weighted by Gasteiger charge is -2.22. The molecule has 0 spiro atoms. The van der Waals surface area contributed by atoms with E-state index in [1.54, 1.807) is 20.8 Å². The fraction of sp³-hybridized carbons (Fsp3) is 0.778. The molecule has 1 unspecified atom stereocenters. The molecule has 82 valence electrons. The number of carbonyl (C=O) groups is 2. The van der Waals surface area contributed by atoms with E-state index in [-0.39, 0.29) is 13.2 Å². The van der Waals surface area contributed by atoms with Gasteiger partial charge in [-0.15, -0.1) is 9.24 Å². The van der Waals surface area contributed by atoms with Crippen molar-refractivity contribution in [2.45, 2.75) is 32.3 Å². The third-order valence-electron chi connectivity index (χ3n) is 1.84. The Morgan fingerprint density at radius 3 is 1.64 bits per heavy atom. The molecule has 0 N–H and O–H groups in total. The Morgan fingerprint density at radius 1 is 1.07 bits per heavy atom. The van der Waals surface area contributed by atoms with Crippen molar-refractivity contribution in [2.75, 3.05) is 13.2 Å². The maximum atomic E-state index is 11.5. The van der Waals surface area contributed by atoms with Crippen LogP contribution in [0.4, 0.5) is 0 Å². The Balaban J connectivity index is 4.60. The average molecular weight is 220 g/mol. The first-order valence-electron chi connectivity index (χ1n) is 4.66. The normalized spacial score (nSPS) is 10.9. The Bertz CT molecular complexity index is 197. The SMILES string of the molecule is CCOC(=O)C(P)(CC)C(=O)OCC. The van der Waals surface area contributed by atoms with Crippen LogP contribution >= 0.6 is 9.24 Å².